The van der Waals surface area contributed by atoms with Crippen LogP contribution < -0.4 is 16.0 Å². The highest BCUT2D eigenvalue weighted by Gasteiger charge is 2.31. The zero-order chi connectivity index (χ0) is 15.0. The lowest BCUT2D eigenvalue weighted by molar-refractivity contribution is 0.0481. The van der Waals surface area contributed by atoms with Crippen LogP contribution in [-0.4, -0.2) is 40.1 Å². The zero-order valence-corrected chi connectivity index (χ0v) is 13.1. The number of hydrogen-bond donors (Lipinski definition) is 3. The average molecular weight is 310 g/mol. The first kappa shape index (κ1) is 14.6. The topological polar surface area (TPSA) is 91.5 Å². The van der Waals surface area contributed by atoms with Crippen LogP contribution in [0.1, 0.15) is 49.4 Å². The van der Waals surface area contributed by atoms with Crippen molar-refractivity contribution in [2.24, 2.45) is 0 Å². The maximum Gasteiger partial charge on any atom is 0.258 e. The third kappa shape index (κ3) is 3.29. The Morgan fingerprint density at radius 2 is 2.24 bits per heavy atom. The summed E-state index contributed by atoms with van der Waals surface area (Å²) in [6.07, 6.45) is 4.46. The van der Waals surface area contributed by atoms with Crippen molar-refractivity contribution in [3.63, 3.8) is 0 Å². The second-order valence-electron chi connectivity index (χ2n) is 6.33. The van der Waals surface area contributed by atoms with Gasteiger partial charge < -0.3 is 21.1 Å². The van der Waals surface area contributed by atoms with Crippen LogP contribution in [0.5, 0.6) is 0 Å². The summed E-state index contributed by atoms with van der Waals surface area (Å²) >= 11 is 1.28. The highest BCUT2D eigenvalue weighted by Crippen LogP contribution is 2.34. The van der Waals surface area contributed by atoms with Gasteiger partial charge in [0.15, 0.2) is 5.82 Å². The van der Waals surface area contributed by atoms with E-state index >= 15 is 0 Å². The van der Waals surface area contributed by atoms with Gasteiger partial charge >= 0.3 is 0 Å². The molecule has 0 aromatic carbocycles. The molecule has 2 aliphatic rings. The van der Waals surface area contributed by atoms with E-state index in [1.165, 1.54) is 11.5 Å². The van der Waals surface area contributed by atoms with E-state index in [9.17, 15) is 9.90 Å². The molecule has 1 aromatic heterocycles. The van der Waals surface area contributed by atoms with Gasteiger partial charge in [-0.1, -0.05) is 0 Å². The number of nitrogens with zero attached hydrogens (tertiary/aromatic N) is 2. The fraction of sp³-hybridized carbons (Fsp3) is 0.714. The molecule has 1 aliphatic carbocycles. The Bertz CT molecular complexity index is 539. The number of nitrogen functional groups attached to an aromatic ring is 1. The highest BCUT2D eigenvalue weighted by molar-refractivity contribution is 7.11. The molecule has 0 bridgehead atoms. The number of carbonyl (C=O) groups is 1. The molecule has 3 rings (SSSR count). The molecule has 116 valence electrons. The Hall–Kier alpha value is -1.34. The van der Waals surface area contributed by atoms with Crippen LogP contribution in [0.15, 0.2) is 0 Å². The number of nitrogens with two attached hydrogens (primary N) is 1. The summed E-state index contributed by atoms with van der Waals surface area (Å²) in [6.45, 7) is 3.41. The minimum atomic E-state index is -0.624. The molecule has 0 radical (unpaired) electrons. The van der Waals surface area contributed by atoms with Crippen LogP contribution >= 0.6 is 11.5 Å². The van der Waals surface area contributed by atoms with Gasteiger partial charge in [0.25, 0.3) is 5.91 Å². The molecule has 21 heavy (non-hydrogen) atoms. The van der Waals surface area contributed by atoms with E-state index in [1.807, 2.05) is 6.92 Å². The van der Waals surface area contributed by atoms with Crippen LogP contribution in [0.2, 0.25) is 0 Å². The molecule has 0 spiro atoms. The number of hydrogen-bond acceptors (Lipinski definition) is 6. The van der Waals surface area contributed by atoms with Crippen molar-refractivity contribution in [1.29, 1.82) is 0 Å². The molecule has 1 atom stereocenters. The normalized spacial score (nSPS) is 26.5. The molecular weight excluding hydrogens is 288 g/mol. The van der Waals surface area contributed by atoms with E-state index < -0.39 is 5.60 Å². The van der Waals surface area contributed by atoms with E-state index in [1.54, 1.807) is 0 Å². The number of amides is 1. The molecule has 1 aromatic rings. The van der Waals surface area contributed by atoms with E-state index in [4.69, 9.17) is 5.73 Å². The van der Waals surface area contributed by atoms with Gasteiger partial charge in [-0.05, 0) is 50.6 Å². The van der Waals surface area contributed by atoms with Gasteiger partial charge in [-0.15, -0.1) is 0 Å². The predicted octanol–water partition coefficient (Wildman–Crippen LogP) is 1.36. The molecule has 1 unspecified atom stereocenters. The summed E-state index contributed by atoms with van der Waals surface area (Å²) < 4.78 is 4.16. The molecular formula is C14H22N4O2S. The first-order chi connectivity index (χ1) is 9.96. The van der Waals surface area contributed by atoms with E-state index in [0.29, 0.717) is 23.8 Å². The Labute approximate surface area is 128 Å². The number of anilines is 2. The summed E-state index contributed by atoms with van der Waals surface area (Å²) in [7, 11) is 0. The van der Waals surface area contributed by atoms with E-state index in [-0.39, 0.29) is 5.91 Å². The van der Waals surface area contributed by atoms with E-state index in [0.717, 1.165) is 43.8 Å². The first-order valence-electron chi connectivity index (χ1n) is 7.50. The van der Waals surface area contributed by atoms with Gasteiger partial charge in [0.05, 0.1) is 5.60 Å². The van der Waals surface area contributed by atoms with Crippen molar-refractivity contribution in [2.45, 2.75) is 50.7 Å². The highest BCUT2D eigenvalue weighted by atomic mass is 32.1. The molecule has 6 nitrogen and oxygen atoms in total. The van der Waals surface area contributed by atoms with Gasteiger partial charge in [0.1, 0.15) is 10.6 Å². The van der Waals surface area contributed by atoms with Crippen molar-refractivity contribution in [2.75, 3.05) is 23.7 Å². The summed E-state index contributed by atoms with van der Waals surface area (Å²) in [4.78, 5) is 14.5. The van der Waals surface area contributed by atoms with E-state index in [2.05, 4.69) is 14.6 Å². The Morgan fingerprint density at radius 1 is 1.48 bits per heavy atom. The minimum Gasteiger partial charge on any atom is -0.390 e. The standard InChI is InChI=1S/C14H22N4O2S/c1-14(20)5-2-7-18(8-6-14)13-10(11(15)17-21-13)12(19)16-9-3-4-9/h9,20H,2-8H2,1H3,(H2,15,17)(H,16,19). The number of carbonyl (C=O) groups excluding carboxylic acids is 1. The smallest absolute Gasteiger partial charge is 0.258 e. The van der Waals surface area contributed by atoms with Crippen LogP contribution in [0.25, 0.3) is 0 Å². The molecule has 2 fully saturated rings. The van der Waals surface area contributed by atoms with Gasteiger partial charge in [0.2, 0.25) is 0 Å². The fourth-order valence-electron chi connectivity index (χ4n) is 2.67. The molecule has 7 heteroatoms. The first-order valence-corrected chi connectivity index (χ1v) is 8.27. The molecule has 4 N–H and O–H groups in total. The molecule has 2 heterocycles. The van der Waals surface area contributed by atoms with Crippen molar-refractivity contribution >= 4 is 28.3 Å². The maximum atomic E-state index is 12.4. The summed E-state index contributed by atoms with van der Waals surface area (Å²) in [6, 6.07) is 0.300. The van der Waals surface area contributed by atoms with Crippen molar-refractivity contribution in [3.05, 3.63) is 5.56 Å². The Morgan fingerprint density at radius 3 is 2.95 bits per heavy atom. The van der Waals surface area contributed by atoms with Gasteiger partial charge in [-0.25, -0.2) is 0 Å². The summed E-state index contributed by atoms with van der Waals surface area (Å²) in [5.74, 6) is 0.193. The number of aliphatic hydroxyl groups is 1. The monoisotopic (exact) mass is 310 g/mol. The van der Waals surface area contributed by atoms with Crippen molar-refractivity contribution in [3.8, 4) is 0 Å². The van der Waals surface area contributed by atoms with Crippen LogP contribution in [0, 0.1) is 0 Å². The second-order valence-corrected chi connectivity index (χ2v) is 7.09. The SMILES string of the molecule is CC1(O)CCCN(c2snc(N)c2C(=O)NC2CC2)CC1. The van der Waals surface area contributed by atoms with Gasteiger partial charge in [-0.3, -0.25) is 4.79 Å². The van der Waals surface area contributed by atoms with Crippen LogP contribution in [0.4, 0.5) is 10.8 Å². The third-order valence-electron chi connectivity index (χ3n) is 4.19. The lowest BCUT2D eigenvalue weighted by Gasteiger charge is -2.23. The second kappa shape index (κ2) is 5.46. The number of nitrogens with one attached hydrogen (secondary N) is 1. The van der Waals surface area contributed by atoms with Gasteiger partial charge in [0, 0.05) is 19.1 Å². The van der Waals surface area contributed by atoms with Crippen LogP contribution in [0.3, 0.4) is 0 Å². The van der Waals surface area contributed by atoms with Gasteiger partial charge in [-0.2, -0.15) is 4.37 Å². The summed E-state index contributed by atoms with van der Waals surface area (Å²) in [5.41, 5.74) is 5.78. The fourth-order valence-corrected chi connectivity index (χ4v) is 3.54. The Kier molecular flexibility index (Phi) is 3.79. The number of rotatable bonds is 3. The molecule has 1 amide bonds. The third-order valence-corrected chi connectivity index (χ3v) is 5.11. The average Bonchev–Trinajstić information content (AvgIpc) is 3.16. The summed E-state index contributed by atoms with van der Waals surface area (Å²) in [5, 5.41) is 14.0. The quantitative estimate of drug-likeness (QED) is 0.784. The number of aromatic nitrogens is 1. The Balaban J connectivity index is 1.79. The largest absolute Gasteiger partial charge is 0.390 e. The predicted molar refractivity (Wildman–Crippen MR) is 83.7 cm³/mol. The van der Waals surface area contributed by atoms with Crippen molar-refractivity contribution in [1.82, 2.24) is 9.69 Å². The molecule has 1 saturated heterocycles. The zero-order valence-electron chi connectivity index (χ0n) is 12.3. The molecule has 1 aliphatic heterocycles. The lowest BCUT2D eigenvalue weighted by atomic mass is 9.98. The van der Waals surface area contributed by atoms with Crippen molar-refractivity contribution < 1.29 is 9.90 Å². The lowest BCUT2D eigenvalue weighted by Crippen LogP contribution is -2.31. The maximum absolute atomic E-state index is 12.4. The molecule has 1 saturated carbocycles. The van der Waals surface area contributed by atoms with Crippen LogP contribution in [-0.2, 0) is 0 Å². The minimum absolute atomic E-state index is 0.116.